The normalized spacial score (nSPS) is 15.8. The lowest BCUT2D eigenvalue weighted by Crippen LogP contribution is -2.41. The first-order chi connectivity index (χ1) is 15.0. The van der Waals surface area contributed by atoms with Gasteiger partial charge in [0.05, 0.1) is 30.8 Å². The molecule has 5 nitrogen and oxygen atoms in total. The van der Waals surface area contributed by atoms with Crippen LogP contribution in [0.1, 0.15) is 56.0 Å². The molecule has 0 unspecified atom stereocenters. The van der Waals surface area contributed by atoms with E-state index in [2.05, 4.69) is 64.1 Å². The molecule has 170 valence electrons. The Balaban J connectivity index is 1.75. The summed E-state index contributed by atoms with van der Waals surface area (Å²) in [6.07, 6.45) is 2.36. The van der Waals surface area contributed by atoms with Gasteiger partial charge in [-0.3, -0.25) is 9.48 Å². The van der Waals surface area contributed by atoms with Gasteiger partial charge in [0, 0.05) is 19.0 Å². The van der Waals surface area contributed by atoms with E-state index in [4.69, 9.17) is 4.43 Å². The van der Waals surface area contributed by atoms with Gasteiger partial charge in [-0.25, -0.2) is 0 Å². The maximum Gasteiger partial charge on any atom is 0.227 e. The van der Waals surface area contributed by atoms with Crippen molar-refractivity contribution in [3.05, 3.63) is 64.8 Å². The van der Waals surface area contributed by atoms with Crippen LogP contribution in [-0.2, 0) is 35.8 Å². The maximum absolute atomic E-state index is 13.2. The van der Waals surface area contributed by atoms with E-state index in [1.54, 1.807) is 0 Å². The van der Waals surface area contributed by atoms with Crippen molar-refractivity contribution < 1.29 is 9.22 Å². The fourth-order valence-corrected chi connectivity index (χ4v) is 5.17. The lowest BCUT2D eigenvalue weighted by atomic mass is 9.90. The van der Waals surface area contributed by atoms with E-state index < -0.39 is 8.32 Å². The second-order valence-corrected chi connectivity index (χ2v) is 15.3. The van der Waals surface area contributed by atoms with Crippen molar-refractivity contribution in [2.24, 2.45) is 7.05 Å². The van der Waals surface area contributed by atoms with Crippen molar-refractivity contribution in [1.29, 1.82) is 0 Å². The number of carbonyl (C=O) groups excluding carboxylic acids is 1. The van der Waals surface area contributed by atoms with Gasteiger partial charge in [-0.1, -0.05) is 51.1 Å². The zero-order valence-electron chi connectivity index (χ0n) is 20.4. The van der Waals surface area contributed by atoms with E-state index >= 15 is 0 Å². The molecule has 0 bridgehead atoms. The third-order valence-corrected chi connectivity index (χ3v) is 12.0. The van der Waals surface area contributed by atoms with Crippen LogP contribution < -0.4 is 0 Å². The van der Waals surface area contributed by atoms with Crippen LogP contribution in [0, 0.1) is 0 Å². The lowest BCUT2D eigenvalue weighted by Gasteiger charge is -2.38. The topological polar surface area (TPSA) is 47.4 Å². The van der Waals surface area contributed by atoms with Crippen molar-refractivity contribution >= 4 is 25.1 Å². The predicted molar refractivity (Wildman–Crippen MR) is 132 cm³/mol. The highest BCUT2D eigenvalue weighted by Crippen LogP contribution is 2.39. The van der Waals surface area contributed by atoms with Crippen LogP contribution >= 0.6 is 0 Å². The Labute approximate surface area is 192 Å². The fourth-order valence-electron chi connectivity index (χ4n) is 4.24. The number of nitrogens with zero attached hydrogens (tertiary/aromatic N) is 3. The molecule has 1 amide bonds. The van der Waals surface area contributed by atoms with E-state index in [0.717, 1.165) is 22.0 Å². The van der Waals surface area contributed by atoms with Crippen molar-refractivity contribution in [3.8, 4) is 0 Å². The molecule has 1 aromatic heterocycles. The van der Waals surface area contributed by atoms with Crippen molar-refractivity contribution in [1.82, 2.24) is 14.7 Å². The molecule has 1 aliphatic rings. The van der Waals surface area contributed by atoms with Gasteiger partial charge in [-0.15, -0.1) is 0 Å². The molecule has 6 heteroatoms. The summed E-state index contributed by atoms with van der Waals surface area (Å²) in [5.74, 6) is 0.173. The number of hydrogen-bond donors (Lipinski definition) is 0. The highest BCUT2D eigenvalue weighted by molar-refractivity contribution is 6.74. The third-order valence-electron chi connectivity index (χ3n) is 7.50. The van der Waals surface area contributed by atoms with Crippen molar-refractivity contribution in [3.63, 3.8) is 0 Å². The van der Waals surface area contributed by atoms with Gasteiger partial charge in [-0.2, -0.15) is 5.10 Å². The molecule has 4 rings (SSSR count). The van der Waals surface area contributed by atoms with Gasteiger partial charge in [0.1, 0.15) is 0 Å². The van der Waals surface area contributed by atoms with Gasteiger partial charge >= 0.3 is 0 Å². The Morgan fingerprint density at radius 3 is 2.53 bits per heavy atom. The molecule has 0 saturated carbocycles. The Hall–Kier alpha value is -2.44. The summed E-state index contributed by atoms with van der Waals surface area (Å²) < 4.78 is 8.57. The average molecular weight is 450 g/mol. The van der Waals surface area contributed by atoms with Gasteiger partial charge in [0.25, 0.3) is 0 Å². The molecule has 1 atom stereocenters. The molecule has 2 heterocycles. The first kappa shape index (κ1) is 22.7. The first-order valence-electron chi connectivity index (χ1n) is 11.4. The monoisotopic (exact) mass is 449 g/mol. The van der Waals surface area contributed by atoms with Crippen LogP contribution in [-0.4, -0.2) is 28.9 Å². The molecule has 0 radical (unpaired) electrons. The van der Waals surface area contributed by atoms with Crippen LogP contribution in [0.15, 0.2) is 42.6 Å². The second-order valence-electron chi connectivity index (χ2n) is 10.5. The van der Waals surface area contributed by atoms with Crippen LogP contribution in [0.3, 0.4) is 0 Å². The van der Waals surface area contributed by atoms with Crippen LogP contribution in [0.25, 0.3) is 10.9 Å². The van der Waals surface area contributed by atoms with Crippen LogP contribution in [0.4, 0.5) is 0 Å². The Morgan fingerprint density at radius 2 is 1.88 bits per heavy atom. The second kappa shape index (κ2) is 8.16. The Morgan fingerprint density at radius 1 is 1.19 bits per heavy atom. The number of carbonyl (C=O) groups is 1. The summed E-state index contributed by atoms with van der Waals surface area (Å²) in [6, 6.07) is 12.4. The van der Waals surface area contributed by atoms with Crippen molar-refractivity contribution in [2.45, 2.75) is 71.4 Å². The van der Waals surface area contributed by atoms with Gasteiger partial charge < -0.3 is 9.33 Å². The summed E-state index contributed by atoms with van der Waals surface area (Å²) in [4.78, 5) is 15.2. The molecule has 2 aromatic carbocycles. The molecule has 0 spiro atoms. The van der Waals surface area contributed by atoms with Gasteiger partial charge in [0.15, 0.2) is 8.32 Å². The predicted octanol–water partition coefficient (Wildman–Crippen LogP) is 5.74. The minimum absolute atomic E-state index is 0.0237. The summed E-state index contributed by atoms with van der Waals surface area (Å²) in [7, 11) is 0.0337. The smallest absolute Gasteiger partial charge is 0.227 e. The van der Waals surface area contributed by atoms with Crippen LogP contribution in [0.5, 0.6) is 0 Å². The molecule has 3 aromatic rings. The lowest BCUT2D eigenvalue weighted by molar-refractivity contribution is -0.134. The molecule has 32 heavy (non-hydrogen) atoms. The van der Waals surface area contributed by atoms with Crippen molar-refractivity contribution in [2.75, 3.05) is 0 Å². The summed E-state index contributed by atoms with van der Waals surface area (Å²) in [5.41, 5.74) is 5.75. The SMILES string of the molecule is C[C@H](c1ccccc1)N1Cc2c(cc3c(cnn3C)c2CO[Si](C)(C)C(C)(C)C)CC1=O. The number of aromatic nitrogens is 2. The number of rotatable bonds is 5. The largest absolute Gasteiger partial charge is 0.413 e. The number of hydrogen-bond acceptors (Lipinski definition) is 3. The summed E-state index contributed by atoms with van der Waals surface area (Å²) >= 11 is 0. The van der Waals surface area contributed by atoms with E-state index in [0.29, 0.717) is 19.6 Å². The highest BCUT2D eigenvalue weighted by atomic mass is 28.4. The Kier molecular flexibility index (Phi) is 5.80. The molecule has 0 fully saturated rings. The van der Waals surface area contributed by atoms with Crippen LogP contribution in [0.2, 0.25) is 18.1 Å². The third kappa shape index (κ3) is 4.02. The van der Waals surface area contributed by atoms with E-state index in [9.17, 15) is 4.79 Å². The first-order valence-corrected chi connectivity index (χ1v) is 14.3. The minimum Gasteiger partial charge on any atom is -0.413 e. The zero-order valence-corrected chi connectivity index (χ0v) is 21.4. The van der Waals surface area contributed by atoms with E-state index in [-0.39, 0.29) is 17.0 Å². The summed E-state index contributed by atoms with van der Waals surface area (Å²) in [6.45, 7) is 14.7. The molecule has 0 N–H and O–H groups in total. The number of amides is 1. The minimum atomic E-state index is -1.93. The zero-order chi connectivity index (χ0) is 23.3. The summed E-state index contributed by atoms with van der Waals surface area (Å²) in [5, 5.41) is 5.79. The van der Waals surface area contributed by atoms with E-state index in [1.165, 1.54) is 11.1 Å². The molecule has 0 aliphatic carbocycles. The average Bonchev–Trinajstić information content (AvgIpc) is 3.10. The van der Waals surface area contributed by atoms with E-state index in [1.807, 2.05) is 41.0 Å². The number of aryl methyl sites for hydroxylation is 1. The number of benzene rings is 2. The maximum atomic E-state index is 13.2. The molecular formula is C26H35N3O2Si. The fraction of sp³-hybridized carbons (Fsp3) is 0.462. The Bertz CT molecular complexity index is 1150. The molecule has 1 aliphatic heterocycles. The molecule has 0 saturated heterocycles. The highest BCUT2D eigenvalue weighted by Gasteiger charge is 2.38. The quantitative estimate of drug-likeness (QED) is 0.467. The van der Waals surface area contributed by atoms with Gasteiger partial charge in [0.2, 0.25) is 5.91 Å². The number of fused-ring (bicyclic) bond motifs is 2. The standard InChI is InChI=1S/C26H35N3O2Si/c1-18(19-11-9-8-10-12-19)29-16-22-20(14-25(29)30)13-24-21(15-27-28(24)5)23(22)17-31-32(6,7)26(2,3)4/h8-13,15,18H,14,16-17H2,1-7H3/t18-/m1/s1. The molecular weight excluding hydrogens is 414 g/mol. The van der Waals surface area contributed by atoms with Gasteiger partial charge in [-0.05, 0) is 53.4 Å².